The molecule has 19 heavy (non-hydrogen) atoms. The average Bonchev–Trinajstić information content (AvgIpc) is 2.37. The Kier molecular flexibility index (Phi) is 6.74. The summed E-state index contributed by atoms with van der Waals surface area (Å²) >= 11 is 0. The van der Waals surface area contributed by atoms with Crippen molar-refractivity contribution in [2.75, 3.05) is 6.61 Å². The van der Waals surface area contributed by atoms with Crippen molar-refractivity contribution in [1.29, 1.82) is 0 Å². The van der Waals surface area contributed by atoms with E-state index in [0.717, 1.165) is 11.8 Å². The molecule has 0 N–H and O–H groups in total. The van der Waals surface area contributed by atoms with Crippen LogP contribution in [-0.2, 0) is 9.53 Å². The summed E-state index contributed by atoms with van der Waals surface area (Å²) in [6.45, 7) is 7.60. The minimum Gasteiger partial charge on any atom is -0.369 e. The summed E-state index contributed by atoms with van der Waals surface area (Å²) in [7, 11) is -1.01. The van der Waals surface area contributed by atoms with Crippen LogP contribution in [0.3, 0.4) is 0 Å². The molecule has 0 bridgehead atoms. The summed E-state index contributed by atoms with van der Waals surface area (Å²) < 4.78 is 5.78. The van der Waals surface area contributed by atoms with Crippen molar-refractivity contribution < 1.29 is 9.53 Å². The van der Waals surface area contributed by atoms with Crippen LogP contribution in [0.4, 0.5) is 0 Å². The van der Waals surface area contributed by atoms with E-state index in [1.54, 1.807) is 0 Å². The lowest BCUT2D eigenvalue weighted by molar-refractivity contribution is -0.110. The van der Waals surface area contributed by atoms with Gasteiger partial charge in [0.15, 0.2) is 0 Å². The first-order valence-corrected chi connectivity index (χ1v) is 10.5. The van der Waals surface area contributed by atoms with E-state index in [1.165, 1.54) is 6.04 Å². The van der Waals surface area contributed by atoms with E-state index < -0.39 is 8.07 Å². The predicted octanol–water partition coefficient (Wildman–Crippen LogP) is 4.23. The molecule has 0 aliphatic carbocycles. The largest absolute Gasteiger partial charge is 0.369 e. The van der Waals surface area contributed by atoms with Gasteiger partial charge in [-0.1, -0.05) is 62.1 Å². The first kappa shape index (κ1) is 15.9. The highest BCUT2D eigenvalue weighted by molar-refractivity contribution is 6.76. The molecule has 0 aliphatic rings. The number of hydrogen-bond donors (Lipinski definition) is 0. The third-order valence-electron chi connectivity index (χ3n) is 2.77. The molecular formula is C16H24O2Si. The molecule has 0 radical (unpaired) electrons. The fraction of sp³-hybridized carbons (Fsp3) is 0.438. The Morgan fingerprint density at radius 3 is 2.42 bits per heavy atom. The average molecular weight is 276 g/mol. The molecule has 1 aromatic rings. The molecule has 0 saturated heterocycles. The van der Waals surface area contributed by atoms with Gasteiger partial charge in [-0.15, -0.1) is 0 Å². The van der Waals surface area contributed by atoms with E-state index in [2.05, 4.69) is 31.8 Å². The van der Waals surface area contributed by atoms with Crippen molar-refractivity contribution in [1.82, 2.24) is 0 Å². The third kappa shape index (κ3) is 7.08. The SMILES string of the molecule is C[Si](C)(C)C/C=C\COC(CC=O)c1ccccc1. The summed E-state index contributed by atoms with van der Waals surface area (Å²) in [6, 6.07) is 11.1. The monoisotopic (exact) mass is 276 g/mol. The maximum absolute atomic E-state index is 10.7. The van der Waals surface area contributed by atoms with Gasteiger partial charge in [-0.25, -0.2) is 0 Å². The highest BCUT2D eigenvalue weighted by Gasteiger charge is 2.11. The second kappa shape index (κ2) is 8.07. The molecule has 0 spiro atoms. The highest BCUT2D eigenvalue weighted by atomic mass is 28.3. The normalized spacial score (nSPS) is 13.6. The standard InChI is InChI=1S/C16H24O2Si/c1-19(2,3)14-8-7-13-18-16(11-12-17)15-9-5-4-6-10-15/h4-10,12,16H,11,13-14H2,1-3H3/b8-7-. The molecule has 2 nitrogen and oxygen atoms in total. The molecule has 0 saturated carbocycles. The van der Waals surface area contributed by atoms with E-state index in [-0.39, 0.29) is 6.10 Å². The number of benzene rings is 1. The van der Waals surface area contributed by atoms with E-state index in [1.807, 2.05) is 30.3 Å². The first-order valence-electron chi connectivity index (χ1n) is 6.78. The predicted molar refractivity (Wildman–Crippen MR) is 83.1 cm³/mol. The van der Waals surface area contributed by atoms with E-state index in [9.17, 15) is 4.79 Å². The van der Waals surface area contributed by atoms with Gasteiger partial charge in [0, 0.05) is 14.5 Å². The second-order valence-corrected chi connectivity index (χ2v) is 11.4. The molecule has 1 aromatic carbocycles. The molecule has 0 amide bonds. The van der Waals surface area contributed by atoms with Crippen LogP contribution in [0.15, 0.2) is 42.5 Å². The number of ether oxygens (including phenoxy) is 1. The lowest BCUT2D eigenvalue weighted by atomic mass is 10.1. The summed E-state index contributed by atoms with van der Waals surface area (Å²) in [6.07, 6.45) is 5.47. The number of carbonyl (C=O) groups excluding carboxylic acids is 1. The van der Waals surface area contributed by atoms with Crippen LogP contribution in [-0.4, -0.2) is 21.0 Å². The Balaban J connectivity index is 2.45. The summed E-state index contributed by atoms with van der Waals surface area (Å²) in [4.78, 5) is 10.7. The fourth-order valence-electron chi connectivity index (χ4n) is 1.73. The van der Waals surface area contributed by atoms with E-state index >= 15 is 0 Å². The summed E-state index contributed by atoms with van der Waals surface area (Å²) in [5.74, 6) is 0. The van der Waals surface area contributed by atoms with Gasteiger partial charge in [-0.2, -0.15) is 0 Å². The number of hydrogen-bond acceptors (Lipinski definition) is 2. The molecule has 0 aromatic heterocycles. The zero-order valence-electron chi connectivity index (χ0n) is 12.1. The van der Waals surface area contributed by atoms with Crippen molar-refractivity contribution in [2.45, 2.75) is 38.2 Å². The van der Waals surface area contributed by atoms with Gasteiger partial charge in [-0.3, -0.25) is 0 Å². The Labute approximate surface area is 117 Å². The minimum atomic E-state index is -1.01. The molecule has 1 unspecified atom stereocenters. The van der Waals surface area contributed by atoms with Gasteiger partial charge in [0.05, 0.1) is 12.7 Å². The van der Waals surface area contributed by atoms with Gasteiger partial charge in [-0.05, 0) is 11.6 Å². The van der Waals surface area contributed by atoms with E-state index in [4.69, 9.17) is 4.74 Å². The number of carbonyl (C=O) groups is 1. The highest BCUT2D eigenvalue weighted by Crippen LogP contribution is 2.19. The lowest BCUT2D eigenvalue weighted by Crippen LogP contribution is -2.17. The van der Waals surface area contributed by atoms with Crippen LogP contribution in [0.2, 0.25) is 25.7 Å². The smallest absolute Gasteiger partial charge is 0.122 e. The van der Waals surface area contributed by atoms with Crippen molar-refractivity contribution in [3.8, 4) is 0 Å². The molecule has 1 rings (SSSR count). The Hall–Kier alpha value is -1.19. The second-order valence-electron chi connectivity index (χ2n) is 5.87. The third-order valence-corrected chi connectivity index (χ3v) is 4.23. The summed E-state index contributed by atoms with van der Waals surface area (Å²) in [5, 5.41) is 0. The molecule has 0 heterocycles. The summed E-state index contributed by atoms with van der Waals surface area (Å²) in [5.41, 5.74) is 1.06. The number of rotatable bonds is 8. The molecule has 0 aliphatic heterocycles. The van der Waals surface area contributed by atoms with Gasteiger partial charge >= 0.3 is 0 Å². The molecule has 3 heteroatoms. The van der Waals surface area contributed by atoms with Crippen LogP contribution in [0, 0.1) is 0 Å². The van der Waals surface area contributed by atoms with Crippen molar-refractivity contribution in [2.24, 2.45) is 0 Å². The van der Waals surface area contributed by atoms with Gasteiger partial charge in [0.1, 0.15) is 6.29 Å². The lowest BCUT2D eigenvalue weighted by Gasteiger charge is -2.15. The zero-order chi connectivity index (χ0) is 14.1. The van der Waals surface area contributed by atoms with Gasteiger partial charge < -0.3 is 9.53 Å². The number of aldehydes is 1. The van der Waals surface area contributed by atoms with Gasteiger partial charge in [0.25, 0.3) is 0 Å². The Morgan fingerprint density at radius 2 is 1.84 bits per heavy atom. The van der Waals surface area contributed by atoms with Crippen molar-refractivity contribution in [3.63, 3.8) is 0 Å². The van der Waals surface area contributed by atoms with Gasteiger partial charge in [0.2, 0.25) is 0 Å². The van der Waals surface area contributed by atoms with Crippen LogP contribution >= 0.6 is 0 Å². The van der Waals surface area contributed by atoms with Crippen molar-refractivity contribution >= 4 is 14.4 Å². The van der Waals surface area contributed by atoms with Crippen LogP contribution < -0.4 is 0 Å². The minimum absolute atomic E-state index is 0.129. The quantitative estimate of drug-likeness (QED) is 0.403. The number of allylic oxidation sites excluding steroid dienone is 1. The Bertz CT molecular complexity index is 393. The fourth-order valence-corrected chi connectivity index (χ4v) is 2.61. The maximum atomic E-state index is 10.7. The van der Waals surface area contributed by atoms with E-state index in [0.29, 0.717) is 13.0 Å². The van der Waals surface area contributed by atoms with Crippen LogP contribution in [0.25, 0.3) is 0 Å². The first-order chi connectivity index (χ1) is 9.03. The molecule has 0 fully saturated rings. The van der Waals surface area contributed by atoms with Crippen LogP contribution in [0.5, 0.6) is 0 Å². The Morgan fingerprint density at radius 1 is 1.16 bits per heavy atom. The zero-order valence-corrected chi connectivity index (χ0v) is 13.1. The molecule has 104 valence electrons. The maximum Gasteiger partial charge on any atom is 0.122 e. The molecule has 1 atom stereocenters. The molecular weight excluding hydrogens is 252 g/mol. The van der Waals surface area contributed by atoms with Crippen LogP contribution in [0.1, 0.15) is 18.1 Å². The topological polar surface area (TPSA) is 26.3 Å². The van der Waals surface area contributed by atoms with Crippen molar-refractivity contribution in [3.05, 3.63) is 48.0 Å².